The van der Waals surface area contributed by atoms with Crippen LogP contribution in [0.1, 0.15) is 17.2 Å². The fourth-order valence-corrected chi connectivity index (χ4v) is 3.01. The summed E-state index contributed by atoms with van der Waals surface area (Å²) in [4.78, 5) is 0. The lowest BCUT2D eigenvalue weighted by Gasteiger charge is -2.18. The van der Waals surface area contributed by atoms with Gasteiger partial charge in [0.15, 0.2) is 0 Å². The van der Waals surface area contributed by atoms with E-state index in [1.165, 1.54) is 0 Å². The Morgan fingerprint density at radius 3 is 2.45 bits per heavy atom. The zero-order valence-corrected chi connectivity index (χ0v) is 14.9. The Morgan fingerprint density at radius 1 is 1.05 bits per heavy atom. The van der Waals surface area contributed by atoms with Crippen molar-refractivity contribution in [3.8, 4) is 11.5 Å². The van der Waals surface area contributed by atoms with E-state index < -0.39 is 0 Å². The van der Waals surface area contributed by atoms with Crippen LogP contribution in [0.5, 0.6) is 11.5 Å². The molecule has 3 nitrogen and oxygen atoms in total. The lowest BCUT2D eigenvalue weighted by Crippen LogP contribution is -2.14. The fraction of sp³-hybridized carbons (Fsp3) is 0.200. The molecule has 0 aliphatic rings. The highest BCUT2D eigenvalue weighted by Crippen LogP contribution is 2.35. The number of hydrogen-bond donors (Lipinski definition) is 1. The summed E-state index contributed by atoms with van der Waals surface area (Å²) in [6.07, 6.45) is 0. The van der Waals surface area contributed by atoms with Crippen LogP contribution in [0.15, 0.2) is 40.9 Å². The third kappa shape index (κ3) is 3.27. The molecule has 0 heterocycles. The number of hydrogen-bond acceptors (Lipinski definition) is 3. The first-order valence-corrected chi connectivity index (χ1v) is 7.86. The Bertz CT molecular complexity index is 619. The van der Waals surface area contributed by atoms with E-state index in [1.54, 1.807) is 14.2 Å². The number of halogens is 2. The van der Waals surface area contributed by atoms with Crippen molar-refractivity contribution in [1.82, 2.24) is 0 Å². The second kappa shape index (κ2) is 6.78. The van der Waals surface area contributed by atoms with Crippen LogP contribution in [0.25, 0.3) is 0 Å². The predicted octanol–water partition coefficient (Wildman–Crippen LogP) is 4.12. The van der Waals surface area contributed by atoms with E-state index in [0.29, 0.717) is 0 Å². The zero-order chi connectivity index (χ0) is 14.7. The van der Waals surface area contributed by atoms with Crippen LogP contribution in [0.2, 0.25) is 0 Å². The summed E-state index contributed by atoms with van der Waals surface area (Å²) in [7, 11) is 3.28. The maximum Gasteiger partial charge on any atom is 0.124 e. The van der Waals surface area contributed by atoms with Crippen molar-refractivity contribution >= 4 is 38.5 Å². The van der Waals surface area contributed by atoms with Gasteiger partial charge < -0.3 is 15.2 Å². The largest absolute Gasteiger partial charge is 0.497 e. The third-order valence-corrected chi connectivity index (χ3v) is 4.46. The van der Waals surface area contributed by atoms with Gasteiger partial charge in [-0.05, 0) is 64.6 Å². The molecular formula is C15H15BrINO2. The summed E-state index contributed by atoms with van der Waals surface area (Å²) in [5.74, 6) is 1.52. The van der Waals surface area contributed by atoms with E-state index in [9.17, 15) is 0 Å². The second-order valence-electron chi connectivity index (χ2n) is 4.25. The van der Waals surface area contributed by atoms with Crippen molar-refractivity contribution in [3.63, 3.8) is 0 Å². The smallest absolute Gasteiger partial charge is 0.124 e. The zero-order valence-electron chi connectivity index (χ0n) is 11.2. The van der Waals surface area contributed by atoms with Crippen molar-refractivity contribution in [3.05, 3.63) is 55.6 Å². The molecule has 0 amide bonds. The van der Waals surface area contributed by atoms with Gasteiger partial charge >= 0.3 is 0 Å². The van der Waals surface area contributed by atoms with Crippen molar-refractivity contribution in [1.29, 1.82) is 0 Å². The topological polar surface area (TPSA) is 44.5 Å². The molecular weight excluding hydrogens is 433 g/mol. The van der Waals surface area contributed by atoms with Crippen molar-refractivity contribution in [2.24, 2.45) is 5.73 Å². The molecule has 0 spiro atoms. The van der Waals surface area contributed by atoms with Crippen molar-refractivity contribution < 1.29 is 9.47 Å². The van der Waals surface area contributed by atoms with Crippen LogP contribution in [-0.4, -0.2) is 14.2 Å². The van der Waals surface area contributed by atoms with Gasteiger partial charge in [-0.2, -0.15) is 0 Å². The summed E-state index contributed by atoms with van der Waals surface area (Å²) in [5, 5.41) is 0. The quantitative estimate of drug-likeness (QED) is 0.717. The molecule has 2 N–H and O–H groups in total. The second-order valence-corrected chi connectivity index (χ2v) is 6.35. The Balaban J connectivity index is 2.51. The highest BCUT2D eigenvalue weighted by Gasteiger charge is 2.17. The van der Waals surface area contributed by atoms with Gasteiger partial charge in [-0.1, -0.05) is 15.9 Å². The lowest BCUT2D eigenvalue weighted by atomic mass is 9.98. The molecule has 0 bridgehead atoms. The molecule has 0 aliphatic heterocycles. The predicted molar refractivity (Wildman–Crippen MR) is 92.4 cm³/mol. The summed E-state index contributed by atoms with van der Waals surface area (Å²) >= 11 is 5.83. The number of nitrogens with two attached hydrogens (primary N) is 1. The Hall–Kier alpha value is -0.790. The van der Waals surface area contributed by atoms with Gasteiger partial charge in [0.2, 0.25) is 0 Å². The van der Waals surface area contributed by atoms with Crippen LogP contribution < -0.4 is 15.2 Å². The van der Waals surface area contributed by atoms with E-state index in [1.807, 2.05) is 30.3 Å². The van der Waals surface area contributed by atoms with Crippen LogP contribution in [-0.2, 0) is 0 Å². The summed E-state index contributed by atoms with van der Waals surface area (Å²) in [6, 6.07) is 11.5. The minimum Gasteiger partial charge on any atom is -0.497 e. The van der Waals surface area contributed by atoms with Gasteiger partial charge in [0.05, 0.1) is 20.3 Å². The van der Waals surface area contributed by atoms with Gasteiger partial charge in [-0.25, -0.2) is 0 Å². The molecule has 0 aliphatic carbocycles. The molecule has 20 heavy (non-hydrogen) atoms. The number of methoxy groups -OCH3 is 2. The summed E-state index contributed by atoms with van der Waals surface area (Å²) < 4.78 is 12.8. The molecule has 0 aromatic heterocycles. The van der Waals surface area contributed by atoms with Gasteiger partial charge in [0, 0.05) is 13.6 Å². The van der Waals surface area contributed by atoms with Crippen LogP contribution in [0.4, 0.5) is 0 Å². The number of ether oxygens (including phenoxy) is 2. The fourth-order valence-electron chi connectivity index (χ4n) is 2.00. The average molecular weight is 448 g/mol. The highest BCUT2D eigenvalue weighted by molar-refractivity contribution is 14.1. The van der Waals surface area contributed by atoms with E-state index in [-0.39, 0.29) is 6.04 Å². The Labute approximate surface area is 140 Å². The Morgan fingerprint density at radius 2 is 1.80 bits per heavy atom. The van der Waals surface area contributed by atoms with Crippen LogP contribution in [0, 0.1) is 3.57 Å². The molecule has 1 atom stereocenters. The molecule has 0 radical (unpaired) electrons. The first-order chi connectivity index (χ1) is 9.56. The molecule has 2 aromatic rings. The summed E-state index contributed by atoms with van der Waals surface area (Å²) in [6.45, 7) is 0. The number of rotatable bonds is 4. The monoisotopic (exact) mass is 447 g/mol. The summed E-state index contributed by atoms with van der Waals surface area (Å²) in [5.41, 5.74) is 8.33. The molecule has 106 valence electrons. The first-order valence-electron chi connectivity index (χ1n) is 5.99. The average Bonchev–Trinajstić information content (AvgIpc) is 2.48. The molecule has 2 rings (SSSR count). The van der Waals surface area contributed by atoms with Gasteiger partial charge in [0.1, 0.15) is 11.5 Å². The molecule has 0 saturated carbocycles. The van der Waals surface area contributed by atoms with Crippen molar-refractivity contribution in [2.45, 2.75) is 6.04 Å². The van der Waals surface area contributed by atoms with Gasteiger partial charge in [-0.3, -0.25) is 0 Å². The van der Waals surface area contributed by atoms with Gasteiger partial charge in [0.25, 0.3) is 0 Å². The lowest BCUT2D eigenvalue weighted by molar-refractivity contribution is 0.397. The normalized spacial score (nSPS) is 12.1. The standard InChI is InChI=1S/C15H15BrINO2/c1-19-10-4-6-14(20-2)12(8-10)15(18)11-7-9(17)3-5-13(11)16/h3-8,15H,18H2,1-2H3. The van der Waals surface area contributed by atoms with E-state index >= 15 is 0 Å². The molecule has 5 heteroatoms. The highest BCUT2D eigenvalue weighted by atomic mass is 127. The number of benzene rings is 2. The maximum absolute atomic E-state index is 6.42. The van der Waals surface area contributed by atoms with E-state index in [4.69, 9.17) is 15.2 Å². The molecule has 0 fully saturated rings. The first kappa shape index (κ1) is 15.6. The van der Waals surface area contributed by atoms with Crippen LogP contribution >= 0.6 is 38.5 Å². The van der Waals surface area contributed by atoms with E-state index in [0.717, 1.165) is 30.7 Å². The molecule has 0 saturated heterocycles. The minimum atomic E-state index is -0.288. The maximum atomic E-state index is 6.42. The Kier molecular flexibility index (Phi) is 5.29. The van der Waals surface area contributed by atoms with Gasteiger partial charge in [-0.15, -0.1) is 0 Å². The van der Waals surface area contributed by atoms with E-state index in [2.05, 4.69) is 44.6 Å². The van der Waals surface area contributed by atoms with Crippen molar-refractivity contribution in [2.75, 3.05) is 14.2 Å². The van der Waals surface area contributed by atoms with Crippen LogP contribution in [0.3, 0.4) is 0 Å². The SMILES string of the molecule is COc1ccc(OC)c(C(N)c2cc(I)ccc2Br)c1. The molecule has 2 aromatic carbocycles. The third-order valence-electron chi connectivity index (χ3n) is 3.07. The molecule has 1 unspecified atom stereocenters. The minimum absolute atomic E-state index is 0.288.